The molecular weight excluding hydrogens is 408 g/mol. The summed E-state index contributed by atoms with van der Waals surface area (Å²) in [7, 11) is 0. The van der Waals surface area contributed by atoms with Crippen molar-refractivity contribution in [2.45, 2.75) is 65.2 Å². The fourth-order valence-corrected chi connectivity index (χ4v) is 3.57. The van der Waals surface area contributed by atoms with E-state index < -0.39 is 0 Å². The van der Waals surface area contributed by atoms with Crippen molar-refractivity contribution in [3.8, 4) is 28.3 Å². The van der Waals surface area contributed by atoms with Crippen molar-refractivity contribution in [3.05, 3.63) is 78.6 Å². The first-order valence-electron chi connectivity index (χ1n) is 12.1. The van der Waals surface area contributed by atoms with Crippen LogP contribution < -0.4 is 4.74 Å². The van der Waals surface area contributed by atoms with Gasteiger partial charge in [0.05, 0.1) is 18.8 Å². The van der Waals surface area contributed by atoms with Gasteiger partial charge < -0.3 is 4.74 Å². The monoisotopic (exact) mass is 442 g/mol. The molecule has 3 aromatic rings. The molecule has 0 radical (unpaired) electrons. The van der Waals surface area contributed by atoms with Gasteiger partial charge >= 0.3 is 5.97 Å². The molecule has 0 fully saturated rings. The molecule has 4 heteroatoms. The summed E-state index contributed by atoms with van der Waals surface area (Å²) < 4.78 is 5.31. The van der Waals surface area contributed by atoms with Crippen LogP contribution in [0.15, 0.2) is 73.1 Å². The van der Waals surface area contributed by atoms with Crippen LogP contribution in [0.5, 0.6) is 5.75 Å². The Hall–Kier alpha value is -3.27. The number of nitrogens with zero attached hydrogens (tertiary/aromatic N) is 2. The van der Waals surface area contributed by atoms with Crippen LogP contribution in [0.2, 0.25) is 0 Å². The Morgan fingerprint density at radius 1 is 0.788 bits per heavy atom. The number of hydrogen-bond donors (Lipinski definition) is 0. The van der Waals surface area contributed by atoms with E-state index in [9.17, 15) is 4.79 Å². The number of esters is 1. The van der Waals surface area contributed by atoms with E-state index in [1.54, 1.807) is 12.4 Å². The predicted octanol–water partition coefficient (Wildman–Crippen LogP) is 7.59. The average molecular weight is 443 g/mol. The summed E-state index contributed by atoms with van der Waals surface area (Å²) in [5.41, 5.74) is 4.68. The van der Waals surface area contributed by atoms with Crippen molar-refractivity contribution in [2.75, 3.05) is 0 Å². The summed E-state index contributed by atoms with van der Waals surface area (Å²) in [5, 5.41) is 0. The smallest absolute Gasteiger partial charge is 0.315 e. The van der Waals surface area contributed by atoms with Gasteiger partial charge in [-0.25, -0.2) is 9.97 Å². The van der Waals surface area contributed by atoms with Crippen molar-refractivity contribution >= 4 is 5.97 Å². The third-order valence-corrected chi connectivity index (χ3v) is 5.53. The molecule has 0 bridgehead atoms. The van der Waals surface area contributed by atoms with Gasteiger partial charge in [-0.3, -0.25) is 4.79 Å². The Bertz CT molecular complexity index is 1010. The molecule has 0 saturated heterocycles. The molecule has 4 nitrogen and oxygen atoms in total. The fourth-order valence-electron chi connectivity index (χ4n) is 3.57. The zero-order valence-corrected chi connectivity index (χ0v) is 19.8. The number of hydrogen-bond acceptors (Lipinski definition) is 4. The van der Waals surface area contributed by atoms with Gasteiger partial charge in [0.25, 0.3) is 0 Å². The first-order valence-corrected chi connectivity index (χ1v) is 12.1. The zero-order valence-electron chi connectivity index (χ0n) is 19.8. The van der Waals surface area contributed by atoms with Gasteiger partial charge in [-0.2, -0.15) is 0 Å². The van der Waals surface area contributed by atoms with Crippen molar-refractivity contribution in [3.63, 3.8) is 0 Å². The lowest BCUT2D eigenvalue weighted by molar-refractivity contribution is -0.133. The van der Waals surface area contributed by atoms with Crippen LogP contribution in [0.25, 0.3) is 22.5 Å². The summed E-state index contributed by atoms with van der Waals surface area (Å²) in [6.07, 6.45) is 15.4. The number of aromatic nitrogens is 2. The van der Waals surface area contributed by atoms with E-state index in [0.29, 0.717) is 11.6 Å². The van der Waals surface area contributed by atoms with E-state index in [0.717, 1.165) is 36.8 Å². The molecule has 2 aromatic carbocycles. The molecule has 0 aliphatic heterocycles. The zero-order chi connectivity index (χ0) is 23.3. The summed E-state index contributed by atoms with van der Waals surface area (Å²) >= 11 is 0. The van der Waals surface area contributed by atoms with Crippen molar-refractivity contribution < 1.29 is 9.53 Å². The number of rotatable bonds is 12. The number of unbranched alkanes of at least 4 members (excludes halogenated alkanes) is 4. The number of benzene rings is 2. The van der Waals surface area contributed by atoms with Crippen LogP contribution in [-0.4, -0.2) is 15.9 Å². The maximum absolute atomic E-state index is 11.9. The second-order valence-corrected chi connectivity index (χ2v) is 8.27. The lowest BCUT2D eigenvalue weighted by atomic mass is 10.0. The molecule has 172 valence electrons. The molecule has 3 rings (SSSR count). The van der Waals surface area contributed by atoms with Gasteiger partial charge in [0.1, 0.15) is 0 Å². The highest BCUT2D eigenvalue weighted by molar-refractivity contribution is 5.74. The largest absolute Gasteiger partial charge is 0.423 e. The quantitative estimate of drug-likeness (QED) is 0.165. The highest BCUT2D eigenvalue weighted by Crippen LogP contribution is 2.24. The van der Waals surface area contributed by atoms with Crippen LogP contribution >= 0.6 is 0 Å². The third-order valence-electron chi connectivity index (χ3n) is 5.53. The number of carbonyl (C=O) groups is 1. The molecule has 1 heterocycles. The maximum Gasteiger partial charge on any atom is 0.315 e. The maximum atomic E-state index is 11.9. The number of aryl methyl sites for hydroxylation is 1. The lowest BCUT2D eigenvalue weighted by Crippen LogP contribution is -2.06. The van der Waals surface area contributed by atoms with E-state index in [4.69, 9.17) is 4.74 Å². The minimum absolute atomic E-state index is 0.257. The second-order valence-electron chi connectivity index (χ2n) is 8.27. The molecular formula is C29H34N2O2. The summed E-state index contributed by atoms with van der Waals surface area (Å²) in [6, 6.07) is 17.0. The fraction of sp³-hybridized carbons (Fsp3) is 0.345. The molecule has 0 atom stereocenters. The Balaban J connectivity index is 1.55. The molecule has 0 spiro atoms. The Morgan fingerprint density at radius 2 is 1.39 bits per heavy atom. The minimum Gasteiger partial charge on any atom is -0.423 e. The van der Waals surface area contributed by atoms with Crippen LogP contribution in [0.3, 0.4) is 0 Å². The number of allylic oxidation sites excluding steroid dienone is 1. The molecule has 0 unspecified atom stereocenters. The van der Waals surface area contributed by atoms with Crippen molar-refractivity contribution in [2.24, 2.45) is 0 Å². The number of carbonyl (C=O) groups excluding carboxylic acids is 1. The van der Waals surface area contributed by atoms with Gasteiger partial charge in [-0.05, 0) is 36.0 Å². The van der Waals surface area contributed by atoms with E-state index in [1.165, 1.54) is 30.4 Å². The first-order chi connectivity index (χ1) is 16.2. The molecule has 0 saturated carbocycles. The van der Waals surface area contributed by atoms with Crippen molar-refractivity contribution in [1.82, 2.24) is 9.97 Å². The van der Waals surface area contributed by atoms with Crippen LogP contribution in [0.4, 0.5) is 0 Å². The van der Waals surface area contributed by atoms with Gasteiger partial charge in [0, 0.05) is 5.56 Å². The summed E-state index contributed by atoms with van der Waals surface area (Å²) in [6.45, 7) is 4.38. The standard InChI is InChI=1S/C29H34N2O2/c1-3-5-7-8-10-12-28(32)33-27-21-30-29(31-22-27)26-19-17-25(18-20-26)24-15-13-23(14-16-24)11-9-6-4-2/h8,10,13-22H,3-7,9,11-12H2,1-2H3. The Kier molecular flexibility index (Phi) is 9.84. The molecule has 0 aliphatic carbocycles. The second kappa shape index (κ2) is 13.3. The Morgan fingerprint density at radius 3 is 2.03 bits per heavy atom. The average Bonchev–Trinajstić information content (AvgIpc) is 2.85. The summed E-state index contributed by atoms with van der Waals surface area (Å²) in [4.78, 5) is 20.7. The van der Waals surface area contributed by atoms with Gasteiger partial charge in [0.15, 0.2) is 11.6 Å². The third kappa shape index (κ3) is 7.98. The topological polar surface area (TPSA) is 52.1 Å². The van der Waals surface area contributed by atoms with Gasteiger partial charge in [0.2, 0.25) is 0 Å². The van der Waals surface area contributed by atoms with E-state index >= 15 is 0 Å². The normalized spacial score (nSPS) is 11.1. The molecule has 0 aliphatic rings. The minimum atomic E-state index is -0.306. The molecule has 0 N–H and O–H groups in total. The molecule has 33 heavy (non-hydrogen) atoms. The van der Waals surface area contributed by atoms with Gasteiger partial charge in [-0.15, -0.1) is 0 Å². The van der Waals surface area contributed by atoms with Gasteiger partial charge in [-0.1, -0.05) is 100 Å². The first kappa shape index (κ1) is 24.4. The highest BCUT2D eigenvalue weighted by atomic mass is 16.5. The van der Waals surface area contributed by atoms with Crippen LogP contribution in [0, 0.1) is 0 Å². The molecule has 1 aromatic heterocycles. The summed E-state index contributed by atoms with van der Waals surface area (Å²) in [5.74, 6) is 0.660. The van der Waals surface area contributed by atoms with Crippen molar-refractivity contribution in [1.29, 1.82) is 0 Å². The SMILES string of the molecule is CCCCC=CCC(=O)Oc1cnc(-c2ccc(-c3ccc(CCCCC)cc3)cc2)nc1. The lowest BCUT2D eigenvalue weighted by Gasteiger charge is -2.07. The van der Waals surface area contributed by atoms with Crippen LogP contribution in [0.1, 0.15) is 64.4 Å². The van der Waals surface area contributed by atoms with E-state index in [1.807, 2.05) is 24.3 Å². The predicted molar refractivity (Wildman–Crippen MR) is 135 cm³/mol. The van der Waals surface area contributed by atoms with Crippen LogP contribution in [-0.2, 0) is 11.2 Å². The van der Waals surface area contributed by atoms with E-state index in [-0.39, 0.29) is 12.4 Å². The number of ether oxygens (including phenoxy) is 1. The van der Waals surface area contributed by atoms with E-state index in [2.05, 4.69) is 60.2 Å². The Labute approximate surface area is 197 Å². The highest BCUT2D eigenvalue weighted by Gasteiger charge is 2.07. The molecule has 0 amide bonds.